The summed E-state index contributed by atoms with van der Waals surface area (Å²) < 4.78 is 25.9. The Kier molecular flexibility index (Phi) is 2.07. The largest absolute Gasteiger partial charge is 0.223 e. The van der Waals surface area contributed by atoms with Crippen molar-refractivity contribution in [3.05, 3.63) is 30.3 Å². The second kappa shape index (κ2) is 3.26. The van der Waals surface area contributed by atoms with Gasteiger partial charge in [0.1, 0.15) is 0 Å². The van der Waals surface area contributed by atoms with Crippen molar-refractivity contribution in [1.82, 2.24) is 0 Å². The molecular weight excluding hydrogens is 347 g/mol. The van der Waals surface area contributed by atoms with E-state index in [0.29, 0.717) is 26.6 Å². The molecule has 1 aromatic carbocycles. The number of rotatable bonds is 2. The summed E-state index contributed by atoms with van der Waals surface area (Å²) in [5, 5.41) is -0.0817. The van der Waals surface area contributed by atoms with E-state index < -0.39 is 9.84 Å². The lowest BCUT2D eigenvalue weighted by Gasteiger charge is -2.17. The molecule has 0 aromatic heterocycles. The number of hydrogen-bond donors (Lipinski definition) is 0. The maximum Gasteiger partial charge on any atom is 0.181 e. The summed E-state index contributed by atoms with van der Waals surface area (Å²) in [5.74, 6) is 2.34. The van der Waals surface area contributed by atoms with Crippen molar-refractivity contribution in [3.8, 4) is 0 Å². The second-order valence-corrected chi connectivity index (χ2v) is 9.03. The molecule has 4 fully saturated rings. The molecule has 6 unspecified atom stereocenters. The quantitative estimate of drug-likeness (QED) is 0.600. The van der Waals surface area contributed by atoms with E-state index in [2.05, 4.69) is 22.6 Å². The molecule has 4 heteroatoms. The number of benzene rings is 1. The van der Waals surface area contributed by atoms with E-state index in [1.54, 1.807) is 12.1 Å². The van der Waals surface area contributed by atoms with Gasteiger partial charge in [-0.2, -0.15) is 0 Å². The van der Waals surface area contributed by atoms with Crippen molar-refractivity contribution in [1.29, 1.82) is 0 Å². The minimum Gasteiger partial charge on any atom is -0.223 e. The fraction of sp³-hybridized carbons (Fsp3) is 0.538. The molecule has 0 saturated heterocycles. The predicted molar refractivity (Wildman–Crippen MR) is 73.8 cm³/mol. The van der Waals surface area contributed by atoms with Crippen molar-refractivity contribution >= 4 is 32.4 Å². The van der Waals surface area contributed by atoms with Crippen LogP contribution in [0.25, 0.3) is 0 Å². The van der Waals surface area contributed by atoms with Gasteiger partial charge in [0.05, 0.1) is 10.1 Å². The highest BCUT2D eigenvalue weighted by Crippen LogP contribution is 2.74. The third-order valence-electron chi connectivity index (χ3n) is 4.84. The molecule has 0 heterocycles. The SMILES string of the molecule is O=S(=O)(c1ccccc1)C1C2CC3C(C2I)C31. The van der Waals surface area contributed by atoms with E-state index in [1.165, 1.54) is 0 Å². The zero-order valence-corrected chi connectivity index (χ0v) is 12.1. The molecule has 2 nitrogen and oxygen atoms in total. The maximum absolute atomic E-state index is 12.7. The van der Waals surface area contributed by atoms with Gasteiger partial charge in [-0.15, -0.1) is 0 Å². The smallest absolute Gasteiger partial charge is 0.181 e. The molecule has 4 aliphatic carbocycles. The van der Waals surface area contributed by atoms with Crippen LogP contribution in [-0.2, 0) is 9.84 Å². The van der Waals surface area contributed by atoms with Gasteiger partial charge in [0.2, 0.25) is 0 Å². The number of sulfone groups is 1. The molecule has 4 aliphatic rings. The molecular formula is C13H13IO2S. The van der Waals surface area contributed by atoms with Crippen LogP contribution < -0.4 is 0 Å². The Morgan fingerprint density at radius 3 is 2.24 bits per heavy atom. The minimum absolute atomic E-state index is 0.0817. The van der Waals surface area contributed by atoms with Gasteiger partial charge < -0.3 is 0 Å². The lowest BCUT2D eigenvalue weighted by atomic mass is 10.1. The number of halogens is 1. The first-order chi connectivity index (χ1) is 8.12. The monoisotopic (exact) mass is 360 g/mol. The van der Waals surface area contributed by atoms with Gasteiger partial charge in [0, 0.05) is 3.92 Å². The highest BCUT2D eigenvalue weighted by atomic mass is 127. The summed E-state index contributed by atoms with van der Waals surface area (Å²) in [7, 11) is -3.09. The normalized spacial score (nSPS) is 46.2. The molecule has 5 rings (SSSR count). The summed E-state index contributed by atoms with van der Waals surface area (Å²) >= 11 is 2.48. The summed E-state index contributed by atoms with van der Waals surface area (Å²) in [6.07, 6.45) is 1.15. The molecule has 4 saturated carbocycles. The maximum atomic E-state index is 12.7. The third-order valence-corrected chi connectivity index (χ3v) is 8.91. The van der Waals surface area contributed by atoms with Gasteiger partial charge in [-0.3, -0.25) is 0 Å². The Bertz CT molecular complexity index is 568. The zero-order chi connectivity index (χ0) is 11.8. The Balaban J connectivity index is 1.78. The Hall–Kier alpha value is -0.100. The topological polar surface area (TPSA) is 34.1 Å². The van der Waals surface area contributed by atoms with Gasteiger partial charge in [-0.1, -0.05) is 40.8 Å². The molecule has 90 valence electrons. The lowest BCUT2D eigenvalue weighted by Crippen LogP contribution is -2.27. The van der Waals surface area contributed by atoms with Crippen LogP contribution in [0.4, 0.5) is 0 Å². The second-order valence-electron chi connectivity index (χ2n) is 5.49. The van der Waals surface area contributed by atoms with Crippen LogP contribution in [0.15, 0.2) is 35.2 Å². The van der Waals surface area contributed by atoms with E-state index in [9.17, 15) is 8.42 Å². The first kappa shape index (κ1) is 10.8. The average molecular weight is 360 g/mol. The van der Waals surface area contributed by atoms with Crippen LogP contribution >= 0.6 is 22.6 Å². The lowest BCUT2D eigenvalue weighted by molar-refractivity contribution is 0.548. The Morgan fingerprint density at radius 1 is 1.06 bits per heavy atom. The van der Waals surface area contributed by atoms with E-state index >= 15 is 0 Å². The van der Waals surface area contributed by atoms with E-state index in [0.717, 1.165) is 12.3 Å². The Labute approximate surface area is 115 Å². The first-order valence-electron chi connectivity index (χ1n) is 6.05. The molecule has 0 radical (unpaired) electrons. The van der Waals surface area contributed by atoms with Crippen LogP contribution in [0.5, 0.6) is 0 Å². The summed E-state index contributed by atoms with van der Waals surface area (Å²) in [6.45, 7) is 0. The summed E-state index contributed by atoms with van der Waals surface area (Å²) in [4.78, 5) is 0.520. The molecule has 1 aromatic rings. The highest BCUT2D eigenvalue weighted by molar-refractivity contribution is 14.1. The van der Waals surface area contributed by atoms with Crippen molar-refractivity contribution in [2.45, 2.75) is 20.5 Å². The zero-order valence-electron chi connectivity index (χ0n) is 9.16. The molecule has 6 atom stereocenters. The molecule has 4 bridgehead atoms. The van der Waals surface area contributed by atoms with Crippen molar-refractivity contribution in [2.75, 3.05) is 0 Å². The minimum atomic E-state index is -3.09. The first-order valence-corrected chi connectivity index (χ1v) is 8.84. The number of alkyl halides is 1. The van der Waals surface area contributed by atoms with Gasteiger partial charge in [-0.25, -0.2) is 8.42 Å². The van der Waals surface area contributed by atoms with Gasteiger partial charge in [0.15, 0.2) is 9.84 Å². The van der Waals surface area contributed by atoms with Crippen LogP contribution in [0.3, 0.4) is 0 Å². The molecule has 0 amide bonds. The molecule has 17 heavy (non-hydrogen) atoms. The van der Waals surface area contributed by atoms with Gasteiger partial charge >= 0.3 is 0 Å². The van der Waals surface area contributed by atoms with Crippen LogP contribution in [0.2, 0.25) is 0 Å². The van der Waals surface area contributed by atoms with Crippen LogP contribution in [0.1, 0.15) is 6.42 Å². The standard InChI is InChI=1S/C13H13IO2S/c14-12-9-6-8-10(12)11(8)13(9)17(15,16)7-4-2-1-3-5-7/h1-5,8-13H,6H2. The van der Waals surface area contributed by atoms with E-state index in [1.807, 2.05) is 18.2 Å². The van der Waals surface area contributed by atoms with E-state index in [-0.39, 0.29) is 5.25 Å². The van der Waals surface area contributed by atoms with Gasteiger partial charge in [0.25, 0.3) is 0 Å². The fourth-order valence-corrected chi connectivity index (χ4v) is 8.61. The summed E-state index contributed by atoms with van der Waals surface area (Å²) in [6, 6.07) is 8.99. The van der Waals surface area contributed by atoms with Gasteiger partial charge in [-0.05, 0) is 42.2 Å². The van der Waals surface area contributed by atoms with Crippen LogP contribution in [0, 0.1) is 23.7 Å². The Morgan fingerprint density at radius 2 is 1.76 bits per heavy atom. The fourth-order valence-electron chi connectivity index (χ4n) is 4.19. The molecule has 0 spiro atoms. The van der Waals surface area contributed by atoms with Crippen molar-refractivity contribution < 1.29 is 8.42 Å². The highest BCUT2D eigenvalue weighted by Gasteiger charge is 2.75. The third kappa shape index (κ3) is 1.23. The van der Waals surface area contributed by atoms with E-state index in [4.69, 9.17) is 0 Å². The average Bonchev–Trinajstić information content (AvgIpc) is 2.64. The summed E-state index contributed by atoms with van der Waals surface area (Å²) in [5.41, 5.74) is 0. The number of hydrogen-bond acceptors (Lipinski definition) is 2. The predicted octanol–water partition coefficient (Wildman–Crippen LogP) is 2.53. The molecule has 0 N–H and O–H groups in total. The van der Waals surface area contributed by atoms with Crippen LogP contribution in [-0.4, -0.2) is 17.6 Å². The van der Waals surface area contributed by atoms with Crippen molar-refractivity contribution in [3.63, 3.8) is 0 Å². The molecule has 0 aliphatic heterocycles. The van der Waals surface area contributed by atoms with Crippen molar-refractivity contribution in [2.24, 2.45) is 23.7 Å².